The van der Waals surface area contributed by atoms with E-state index in [9.17, 15) is 9.59 Å². The van der Waals surface area contributed by atoms with Crippen LogP contribution in [0.25, 0.3) is 0 Å². The van der Waals surface area contributed by atoms with Crippen molar-refractivity contribution in [1.82, 2.24) is 5.32 Å². The van der Waals surface area contributed by atoms with Gasteiger partial charge >= 0.3 is 0 Å². The van der Waals surface area contributed by atoms with Gasteiger partial charge in [0.2, 0.25) is 0 Å². The number of carbonyl (C=O) groups excluding carboxylic acids is 2. The van der Waals surface area contributed by atoms with Gasteiger partial charge in [-0.2, -0.15) is 0 Å². The number of halogens is 1. The molecule has 3 aromatic carbocycles. The Morgan fingerprint density at radius 3 is 2.52 bits per heavy atom. The lowest BCUT2D eigenvalue weighted by atomic mass is 10.2. The third kappa shape index (κ3) is 6.09. The minimum atomic E-state index is -0.297. The van der Waals surface area contributed by atoms with Crippen molar-refractivity contribution >= 4 is 29.1 Å². The van der Waals surface area contributed by atoms with E-state index in [-0.39, 0.29) is 18.4 Å². The van der Waals surface area contributed by atoms with Gasteiger partial charge in [0, 0.05) is 22.8 Å². The fourth-order valence-corrected chi connectivity index (χ4v) is 2.94. The topological polar surface area (TPSA) is 67.4 Å². The molecular weight excluding hydrogens is 388 g/mol. The summed E-state index contributed by atoms with van der Waals surface area (Å²) < 4.78 is 5.54. The molecule has 0 heterocycles. The minimum absolute atomic E-state index is 0.169. The van der Waals surface area contributed by atoms with Crippen LogP contribution in [0.1, 0.15) is 21.5 Å². The monoisotopic (exact) mass is 408 g/mol. The van der Waals surface area contributed by atoms with Crippen molar-refractivity contribution in [3.8, 4) is 5.75 Å². The molecule has 3 aromatic rings. The van der Waals surface area contributed by atoms with Crippen LogP contribution in [0.2, 0.25) is 5.02 Å². The maximum absolute atomic E-state index is 12.4. The zero-order chi connectivity index (χ0) is 20.6. The van der Waals surface area contributed by atoms with Crippen molar-refractivity contribution in [3.63, 3.8) is 0 Å². The quantitative estimate of drug-likeness (QED) is 0.600. The van der Waals surface area contributed by atoms with Gasteiger partial charge in [-0.05, 0) is 54.4 Å². The summed E-state index contributed by atoms with van der Waals surface area (Å²) in [6.45, 7) is 2.13. The van der Waals surface area contributed by atoms with Crippen molar-refractivity contribution in [1.29, 1.82) is 0 Å². The first kappa shape index (κ1) is 20.4. The molecule has 0 fully saturated rings. The molecule has 3 rings (SSSR count). The van der Waals surface area contributed by atoms with E-state index in [1.165, 1.54) is 0 Å². The van der Waals surface area contributed by atoms with Gasteiger partial charge in [-0.1, -0.05) is 48.0 Å². The van der Waals surface area contributed by atoms with Gasteiger partial charge in [0.1, 0.15) is 5.75 Å². The average molecular weight is 409 g/mol. The summed E-state index contributed by atoms with van der Waals surface area (Å²) in [4.78, 5) is 24.5. The van der Waals surface area contributed by atoms with E-state index in [1.54, 1.807) is 42.5 Å². The highest BCUT2D eigenvalue weighted by atomic mass is 35.5. The molecule has 6 heteroatoms. The first-order chi connectivity index (χ1) is 14.0. The molecule has 29 heavy (non-hydrogen) atoms. The van der Waals surface area contributed by atoms with Crippen molar-refractivity contribution in [2.75, 3.05) is 11.9 Å². The van der Waals surface area contributed by atoms with E-state index in [1.807, 2.05) is 37.3 Å². The molecule has 2 amide bonds. The number of hydrogen-bond donors (Lipinski definition) is 2. The summed E-state index contributed by atoms with van der Waals surface area (Å²) in [7, 11) is 0. The number of ether oxygens (including phenoxy) is 1. The second-order valence-corrected chi connectivity index (χ2v) is 6.93. The number of aryl methyl sites for hydroxylation is 1. The SMILES string of the molecule is Cc1cc(Cl)ccc1NC(=O)COc1cccc(C(=O)NCc2ccccc2)c1. The van der Waals surface area contributed by atoms with Gasteiger partial charge < -0.3 is 15.4 Å². The first-order valence-electron chi connectivity index (χ1n) is 9.12. The van der Waals surface area contributed by atoms with Crippen molar-refractivity contribution in [2.45, 2.75) is 13.5 Å². The lowest BCUT2D eigenvalue weighted by Gasteiger charge is -2.11. The molecule has 0 saturated carbocycles. The lowest BCUT2D eigenvalue weighted by Crippen LogP contribution is -2.23. The van der Waals surface area contributed by atoms with Crippen LogP contribution in [0.4, 0.5) is 5.69 Å². The van der Waals surface area contributed by atoms with Gasteiger partial charge in [0.05, 0.1) is 0 Å². The molecule has 0 aliphatic carbocycles. The molecule has 0 aromatic heterocycles. The van der Waals surface area contributed by atoms with E-state index >= 15 is 0 Å². The van der Waals surface area contributed by atoms with Crippen LogP contribution in [0.5, 0.6) is 5.75 Å². The normalized spacial score (nSPS) is 10.3. The smallest absolute Gasteiger partial charge is 0.262 e. The minimum Gasteiger partial charge on any atom is -0.484 e. The molecule has 0 aliphatic heterocycles. The van der Waals surface area contributed by atoms with Gasteiger partial charge in [-0.15, -0.1) is 0 Å². The number of nitrogens with one attached hydrogen (secondary N) is 2. The molecule has 0 saturated heterocycles. The van der Waals surface area contributed by atoms with E-state index < -0.39 is 0 Å². The third-order valence-electron chi connectivity index (χ3n) is 4.22. The largest absolute Gasteiger partial charge is 0.484 e. The van der Waals surface area contributed by atoms with Gasteiger partial charge in [0.25, 0.3) is 11.8 Å². The number of rotatable bonds is 7. The number of carbonyl (C=O) groups is 2. The van der Waals surface area contributed by atoms with Crippen molar-refractivity contribution in [2.24, 2.45) is 0 Å². The number of benzene rings is 3. The van der Waals surface area contributed by atoms with Gasteiger partial charge in [-0.25, -0.2) is 0 Å². The summed E-state index contributed by atoms with van der Waals surface area (Å²) in [6.07, 6.45) is 0. The van der Waals surface area contributed by atoms with Crippen LogP contribution in [0.3, 0.4) is 0 Å². The predicted octanol–water partition coefficient (Wildman–Crippen LogP) is 4.60. The van der Waals surface area contributed by atoms with Gasteiger partial charge in [0.15, 0.2) is 6.61 Å². The number of hydrogen-bond acceptors (Lipinski definition) is 3. The van der Waals surface area contributed by atoms with Crippen molar-refractivity contribution in [3.05, 3.63) is 94.5 Å². The molecular formula is C23H21ClN2O3. The Labute approximate surface area is 174 Å². The number of amides is 2. The van der Waals surface area contributed by atoms with Crippen LogP contribution in [0, 0.1) is 6.92 Å². The van der Waals surface area contributed by atoms with Crippen LogP contribution in [-0.2, 0) is 11.3 Å². The fraction of sp³-hybridized carbons (Fsp3) is 0.130. The molecule has 0 bridgehead atoms. The van der Waals surface area contributed by atoms with Crippen LogP contribution in [-0.4, -0.2) is 18.4 Å². The maximum atomic E-state index is 12.4. The molecule has 0 unspecified atom stereocenters. The molecule has 148 valence electrons. The second-order valence-electron chi connectivity index (χ2n) is 6.49. The molecule has 5 nitrogen and oxygen atoms in total. The predicted molar refractivity (Wildman–Crippen MR) is 114 cm³/mol. The van der Waals surface area contributed by atoms with E-state index in [4.69, 9.17) is 16.3 Å². The Hall–Kier alpha value is -3.31. The summed E-state index contributed by atoms with van der Waals surface area (Å²) in [5.41, 5.74) is 3.02. The Balaban J connectivity index is 1.53. The van der Waals surface area contributed by atoms with Crippen LogP contribution >= 0.6 is 11.6 Å². The lowest BCUT2D eigenvalue weighted by molar-refractivity contribution is -0.118. The Bertz CT molecular complexity index is 1010. The summed E-state index contributed by atoms with van der Waals surface area (Å²) in [5, 5.41) is 6.26. The fourth-order valence-electron chi connectivity index (χ4n) is 2.71. The van der Waals surface area contributed by atoms with E-state index in [2.05, 4.69) is 10.6 Å². The Morgan fingerprint density at radius 2 is 1.76 bits per heavy atom. The molecule has 2 N–H and O–H groups in total. The third-order valence-corrected chi connectivity index (χ3v) is 4.46. The molecule has 0 radical (unpaired) electrons. The Kier molecular flexibility index (Phi) is 6.87. The van der Waals surface area contributed by atoms with Crippen LogP contribution < -0.4 is 15.4 Å². The number of anilines is 1. The van der Waals surface area contributed by atoms with Gasteiger partial charge in [-0.3, -0.25) is 9.59 Å². The van der Waals surface area contributed by atoms with Crippen LogP contribution in [0.15, 0.2) is 72.8 Å². The maximum Gasteiger partial charge on any atom is 0.262 e. The molecule has 0 aliphatic rings. The molecule has 0 spiro atoms. The van der Waals surface area contributed by atoms with E-state index in [0.29, 0.717) is 28.6 Å². The standard InChI is InChI=1S/C23H21ClN2O3/c1-16-12-19(24)10-11-21(16)26-22(27)15-29-20-9-5-8-18(13-20)23(28)25-14-17-6-3-2-4-7-17/h2-13H,14-15H2,1H3,(H,25,28)(H,26,27). The molecule has 0 atom stereocenters. The highest BCUT2D eigenvalue weighted by molar-refractivity contribution is 6.30. The summed E-state index contributed by atoms with van der Waals surface area (Å²) >= 11 is 5.92. The average Bonchev–Trinajstić information content (AvgIpc) is 2.73. The van der Waals surface area contributed by atoms with Crippen molar-refractivity contribution < 1.29 is 14.3 Å². The summed E-state index contributed by atoms with van der Waals surface area (Å²) in [6, 6.07) is 21.6. The zero-order valence-electron chi connectivity index (χ0n) is 15.9. The highest BCUT2D eigenvalue weighted by Gasteiger charge is 2.09. The second kappa shape index (κ2) is 9.75. The zero-order valence-corrected chi connectivity index (χ0v) is 16.7. The Morgan fingerprint density at radius 1 is 0.966 bits per heavy atom. The highest BCUT2D eigenvalue weighted by Crippen LogP contribution is 2.19. The summed E-state index contributed by atoms with van der Waals surface area (Å²) in [5.74, 6) is -0.0600. The first-order valence-corrected chi connectivity index (χ1v) is 9.50. The van der Waals surface area contributed by atoms with E-state index in [0.717, 1.165) is 11.1 Å².